The van der Waals surface area contributed by atoms with Crippen molar-refractivity contribution in [1.29, 1.82) is 0 Å². The minimum absolute atomic E-state index is 0.559. The third-order valence-corrected chi connectivity index (χ3v) is 3.75. The van der Waals surface area contributed by atoms with Gasteiger partial charge in [0.25, 0.3) is 0 Å². The molecule has 2 fully saturated rings. The molecule has 0 aromatic carbocycles. The minimum Gasteiger partial charge on any atom is -0.301 e. The Morgan fingerprint density at radius 1 is 1.27 bits per heavy atom. The van der Waals surface area contributed by atoms with E-state index in [-0.39, 0.29) is 0 Å². The Morgan fingerprint density at radius 3 is 2.73 bits per heavy atom. The van der Waals surface area contributed by atoms with E-state index in [9.17, 15) is 4.39 Å². The van der Waals surface area contributed by atoms with E-state index >= 15 is 0 Å². The first-order chi connectivity index (χ1) is 7.31. The van der Waals surface area contributed by atoms with Crippen molar-refractivity contribution < 1.29 is 4.39 Å². The van der Waals surface area contributed by atoms with Crippen LogP contribution in [0.2, 0.25) is 0 Å². The lowest BCUT2D eigenvalue weighted by Gasteiger charge is -2.36. The highest BCUT2D eigenvalue weighted by molar-refractivity contribution is 5.61. The number of hydrogen-bond donors (Lipinski definition) is 0. The van der Waals surface area contributed by atoms with Crippen molar-refractivity contribution in [2.45, 2.75) is 44.3 Å². The Bertz CT molecular complexity index is 230. The first-order valence-electron chi connectivity index (χ1n) is 6.11. The van der Waals surface area contributed by atoms with E-state index < -0.39 is 6.17 Å². The van der Waals surface area contributed by atoms with Crippen molar-refractivity contribution in [3.63, 3.8) is 0 Å². The lowest BCUT2D eigenvalue weighted by molar-refractivity contribution is 0.153. The fraction of sp³-hybridized carbons (Fsp3) is 0.917. The average molecular weight is 212 g/mol. The SMILES string of the molecule is C/N=C/C1CCCC[C@@H]1N1CCC(F)C1. The quantitative estimate of drug-likeness (QED) is 0.641. The van der Waals surface area contributed by atoms with Gasteiger partial charge in [-0.3, -0.25) is 4.90 Å². The van der Waals surface area contributed by atoms with Gasteiger partial charge in [0.2, 0.25) is 0 Å². The maximum atomic E-state index is 13.2. The van der Waals surface area contributed by atoms with E-state index in [4.69, 9.17) is 0 Å². The molecular formula is C12H21FN2. The summed E-state index contributed by atoms with van der Waals surface area (Å²) in [4.78, 5) is 6.50. The summed E-state index contributed by atoms with van der Waals surface area (Å²) < 4.78 is 13.2. The number of hydrogen-bond acceptors (Lipinski definition) is 2. The summed E-state index contributed by atoms with van der Waals surface area (Å²) in [6.07, 6.45) is 7.28. The van der Waals surface area contributed by atoms with Gasteiger partial charge in [0.15, 0.2) is 0 Å². The zero-order chi connectivity index (χ0) is 10.7. The molecule has 1 heterocycles. The molecule has 3 heteroatoms. The first-order valence-corrected chi connectivity index (χ1v) is 6.11. The lowest BCUT2D eigenvalue weighted by atomic mass is 9.84. The molecular weight excluding hydrogens is 191 g/mol. The minimum atomic E-state index is -0.592. The smallest absolute Gasteiger partial charge is 0.114 e. The van der Waals surface area contributed by atoms with Crippen LogP contribution in [0.4, 0.5) is 4.39 Å². The Hall–Kier alpha value is -0.440. The molecule has 1 aliphatic carbocycles. The van der Waals surface area contributed by atoms with Gasteiger partial charge in [-0.05, 0) is 19.3 Å². The van der Waals surface area contributed by atoms with E-state index in [0.717, 1.165) is 13.0 Å². The molecule has 1 saturated carbocycles. The largest absolute Gasteiger partial charge is 0.301 e. The molecule has 0 radical (unpaired) electrons. The maximum absolute atomic E-state index is 13.2. The second kappa shape index (κ2) is 5.06. The number of likely N-dealkylation sites (tertiary alicyclic amines) is 1. The normalized spacial score (nSPS) is 38.9. The highest BCUT2D eigenvalue weighted by Crippen LogP contribution is 2.30. The summed E-state index contributed by atoms with van der Waals surface area (Å²) in [5.41, 5.74) is 0. The van der Waals surface area contributed by atoms with Crippen LogP contribution in [0.5, 0.6) is 0 Å². The highest BCUT2D eigenvalue weighted by atomic mass is 19.1. The number of alkyl halides is 1. The first kappa shape index (κ1) is 11.1. The fourth-order valence-electron chi connectivity index (χ4n) is 3.00. The van der Waals surface area contributed by atoms with Crippen molar-refractivity contribution >= 4 is 6.21 Å². The zero-order valence-corrected chi connectivity index (χ0v) is 9.53. The summed E-state index contributed by atoms with van der Waals surface area (Å²) in [5, 5.41) is 0. The van der Waals surface area contributed by atoms with Gasteiger partial charge in [-0.15, -0.1) is 0 Å². The Kier molecular flexibility index (Phi) is 3.73. The molecule has 0 amide bonds. The van der Waals surface area contributed by atoms with Crippen LogP contribution in [-0.2, 0) is 0 Å². The van der Waals surface area contributed by atoms with Gasteiger partial charge < -0.3 is 4.99 Å². The van der Waals surface area contributed by atoms with Crippen LogP contribution in [0, 0.1) is 5.92 Å². The van der Waals surface area contributed by atoms with Crippen LogP contribution in [0.25, 0.3) is 0 Å². The monoisotopic (exact) mass is 212 g/mol. The van der Waals surface area contributed by atoms with Gasteiger partial charge in [-0.2, -0.15) is 0 Å². The molecule has 3 atom stereocenters. The van der Waals surface area contributed by atoms with Gasteiger partial charge in [-0.25, -0.2) is 4.39 Å². The molecule has 1 aliphatic heterocycles. The molecule has 0 aromatic rings. The molecule has 0 spiro atoms. The summed E-state index contributed by atoms with van der Waals surface area (Å²) in [6, 6.07) is 0.559. The van der Waals surface area contributed by atoms with Crippen molar-refractivity contribution in [2.24, 2.45) is 10.9 Å². The molecule has 0 bridgehead atoms. The summed E-state index contributed by atoms with van der Waals surface area (Å²) in [7, 11) is 1.84. The van der Waals surface area contributed by atoms with Crippen molar-refractivity contribution in [3.8, 4) is 0 Å². The maximum Gasteiger partial charge on any atom is 0.114 e. The summed E-state index contributed by atoms with van der Waals surface area (Å²) >= 11 is 0. The fourth-order valence-corrected chi connectivity index (χ4v) is 3.00. The van der Waals surface area contributed by atoms with E-state index in [1.54, 1.807) is 0 Å². The molecule has 2 aliphatic rings. The number of rotatable bonds is 2. The second-order valence-electron chi connectivity index (χ2n) is 4.80. The van der Waals surface area contributed by atoms with Crippen LogP contribution >= 0.6 is 0 Å². The lowest BCUT2D eigenvalue weighted by Crippen LogP contribution is -2.42. The topological polar surface area (TPSA) is 15.6 Å². The Labute approximate surface area is 91.6 Å². The van der Waals surface area contributed by atoms with E-state index in [2.05, 4.69) is 16.1 Å². The third-order valence-electron chi connectivity index (χ3n) is 3.75. The summed E-state index contributed by atoms with van der Waals surface area (Å²) in [6.45, 7) is 1.60. The number of nitrogens with zero attached hydrogens (tertiary/aromatic N) is 2. The molecule has 2 nitrogen and oxygen atoms in total. The zero-order valence-electron chi connectivity index (χ0n) is 9.53. The highest BCUT2D eigenvalue weighted by Gasteiger charge is 2.33. The van der Waals surface area contributed by atoms with Gasteiger partial charge in [0, 0.05) is 38.3 Å². The van der Waals surface area contributed by atoms with Crippen molar-refractivity contribution in [2.75, 3.05) is 20.1 Å². The van der Waals surface area contributed by atoms with Crippen molar-refractivity contribution in [1.82, 2.24) is 4.90 Å². The average Bonchev–Trinajstić information content (AvgIpc) is 2.66. The standard InChI is InChI=1S/C12H21FN2/c1-14-8-10-4-2-3-5-12(10)15-7-6-11(13)9-15/h8,10-12H,2-7,9H2,1H3/b14-8+/t10?,11?,12-/m0/s1. The molecule has 1 saturated heterocycles. The van der Waals surface area contributed by atoms with E-state index in [0.29, 0.717) is 18.5 Å². The van der Waals surface area contributed by atoms with Crippen LogP contribution in [-0.4, -0.2) is 43.5 Å². The second-order valence-corrected chi connectivity index (χ2v) is 4.80. The predicted octanol–water partition coefficient (Wildman–Crippen LogP) is 2.29. The van der Waals surface area contributed by atoms with Crippen molar-refractivity contribution in [3.05, 3.63) is 0 Å². The Balaban J connectivity index is 1.98. The Morgan fingerprint density at radius 2 is 2.07 bits per heavy atom. The molecule has 2 unspecified atom stereocenters. The van der Waals surface area contributed by atoms with E-state index in [1.165, 1.54) is 25.7 Å². The molecule has 15 heavy (non-hydrogen) atoms. The molecule has 0 aromatic heterocycles. The molecule has 0 N–H and O–H groups in total. The van der Waals surface area contributed by atoms with Gasteiger partial charge >= 0.3 is 0 Å². The third kappa shape index (κ3) is 2.57. The number of aliphatic imine (C=N–C) groups is 1. The number of halogens is 1. The van der Waals surface area contributed by atoms with E-state index in [1.807, 2.05) is 7.05 Å². The van der Waals surface area contributed by atoms with Crippen LogP contribution in [0.3, 0.4) is 0 Å². The van der Waals surface area contributed by atoms with Crippen LogP contribution in [0.1, 0.15) is 32.1 Å². The van der Waals surface area contributed by atoms with Gasteiger partial charge in [0.05, 0.1) is 0 Å². The van der Waals surface area contributed by atoms with Gasteiger partial charge in [-0.1, -0.05) is 12.8 Å². The van der Waals surface area contributed by atoms with Crippen LogP contribution < -0.4 is 0 Å². The predicted molar refractivity (Wildman–Crippen MR) is 61.2 cm³/mol. The molecule has 86 valence electrons. The molecule has 2 rings (SSSR count). The summed E-state index contributed by atoms with van der Waals surface area (Å²) in [5.74, 6) is 0.564. The van der Waals surface area contributed by atoms with Crippen LogP contribution in [0.15, 0.2) is 4.99 Å². The van der Waals surface area contributed by atoms with Gasteiger partial charge in [0.1, 0.15) is 6.17 Å².